The molecule has 2 heterocycles. The molecule has 0 aliphatic rings. The average Bonchev–Trinajstić information content (AvgIpc) is 2.89. The summed E-state index contributed by atoms with van der Waals surface area (Å²) in [5.41, 5.74) is 1.16. The summed E-state index contributed by atoms with van der Waals surface area (Å²) in [7, 11) is 0. The lowest BCUT2D eigenvalue weighted by Gasteiger charge is -2.06. The predicted molar refractivity (Wildman–Crippen MR) is 76.1 cm³/mol. The number of pyridine rings is 1. The molecule has 2 rings (SSSR count). The fourth-order valence-corrected chi connectivity index (χ4v) is 2.35. The lowest BCUT2D eigenvalue weighted by molar-refractivity contribution is 0.124. The molecule has 1 N–H and O–H groups in total. The van der Waals surface area contributed by atoms with Crippen LogP contribution in [-0.4, -0.2) is 18.1 Å². The van der Waals surface area contributed by atoms with E-state index in [1.807, 2.05) is 18.3 Å². The maximum atomic E-state index is 5.68. The zero-order chi connectivity index (χ0) is 12.6. The fourth-order valence-electron chi connectivity index (χ4n) is 1.66. The summed E-state index contributed by atoms with van der Waals surface area (Å²) < 4.78 is 5.68. The van der Waals surface area contributed by atoms with Crippen molar-refractivity contribution in [3.8, 4) is 0 Å². The highest BCUT2D eigenvalue weighted by atomic mass is 32.1. The van der Waals surface area contributed by atoms with Gasteiger partial charge in [-0.15, -0.1) is 11.3 Å². The van der Waals surface area contributed by atoms with Crippen molar-refractivity contribution in [2.75, 3.05) is 18.5 Å². The summed E-state index contributed by atoms with van der Waals surface area (Å²) in [6, 6.07) is 8.25. The summed E-state index contributed by atoms with van der Waals surface area (Å²) in [4.78, 5) is 5.61. The maximum Gasteiger partial charge on any atom is 0.126 e. The Morgan fingerprint density at radius 3 is 3.11 bits per heavy atom. The molecule has 2 aromatic rings. The van der Waals surface area contributed by atoms with E-state index < -0.39 is 0 Å². The topological polar surface area (TPSA) is 34.1 Å². The van der Waals surface area contributed by atoms with E-state index in [1.54, 1.807) is 11.3 Å². The van der Waals surface area contributed by atoms with Crippen molar-refractivity contribution in [1.29, 1.82) is 0 Å². The Morgan fingerprint density at radius 2 is 2.33 bits per heavy atom. The number of anilines is 1. The number of aromatic nitrogens is 1. The molecule has 0 spiro atoms. The van der Waals surface area contributed by atoms with Crippen LogP contribution in [0.2, 0.25) is 0 Å². The van der Waals surface area contributed by atoms with Crippen molar-refractivity contribution in [2.24, 2.45) is 0 Å². The summed E-state index contributed by atoms with van der Waals surface area (Å²) in [5.74, 6) is 0.914. The van der Waals surface area contributed by atoms with E-state index >= 15 is 0 Å². The number of rotatable bonds is 7. The van der Waals surface area contributed by atoms with Gasteiger partial charge in [0.1, 0.15) is 5.82 Å². The molecule has 0 unspecified atom stereocenters. The van der Waals surface area contributed by atoms with Gasteiger partial charge in [0.25, 0.3) is 0 Å². The van der Waals surface area contributed by atoms with Crippen LogP contribution in [0.3, 0.4) is 0 Å². The third-order valence-corrected chi connectivity index (χ3v) is 3.46. The van der Waals surface area contributed by atoms with Gasteiger partial charge in [0.15, 0.2) is 0 Å². The van der Waals surface area contributed by atoms with Crippen LogP contribution in [0.1, 0.15) is 17.4 Å². The summed E-state index contributed by atoms with van der Waals surface area (Å²) in [5, 5.41) is 5.29. The Kier molecular flexibility index (Phi) is 5.17. The number of hydrogen-bond donors (Lipinski definition) is 1. The van der Waals surface area contributed by atoms with Crippen LogP contribution < -0.4 is 5.32 Å². The second kappa shape index (κ2) is 7.13. The Morgan fingerprint density at radius 1 is 1.39 bits per heavy atom. The van der Waals surface area contributed by atoms with Crippen LogP contribution in [0.25, 0.3) is 0 Å². The van der Waals surface area contributed by atoms with E-state index in [2.05, 4.69) is 34.7 Å². The largest absolute Gasteiger partial charge is 0.376 e. The summed E-state index contributed by atoms with van der Waals surface area (Å²) >= 11 is 1.78. The van der Waals surface area contributed by atoms with Crippen molar-refractivity contribution < 1.29 is 4.74 Å². The molecule has 0 bridgehead atoms. The number of ether oxygens (including phenoxy) is 1. The molecule has 0 amide bonds. The van der Waals surface area contributed by atoms with Crippen molar-refractivity contribution in [3.63, 3.8) is 0 Å². The lowest BCUT2D eigenvalue weighted by Crippen LogP contribution is -2.01. The third-order valence-electron chi connectivity index (χ3n) is 2.52. The normalized spacial score (nSPS) is 10.5. The fraction of sp³-hybridized carbons (Fsp3) is 0.357. The van der Waals surface area contributed by atoms with Gasteiger partial charge >= 0.3 is 0 Å². The monoisotopic (exact) mass is 262 g/mol. The third kappa shape index (κ3) is 4.13. The van der Waals surface area contributed by atoms with Crippen molar-refractivity contribution in [1.82, 2.24) is 4.98 Å². The molecule has 0 saturated heterocycles. The molecule has 0 saturated carbocycles. The molecule has 2 aromatic heterocycles. The van der Waals surface area contributed by atoms with E-state index in [-0.39, 0.29) is 0 Å². The van der Waals surface area contributed by atoms with E-state index in [0.29, 0.717) is 6.61 Å². The Balaban J connectivity index is 1.74. The van der Waals surface area contributed by atoms with Crippen LogP contribution >= 0.6 is 11.3 Å². The van der Waals surface area contributed by atoms with E-state index in [9.17, 15) is 0 Å². The van der Waals surface area contributed by atoms with Crippen LogP contribution in [0.4, 0.5) is 5.82 Å². The zero-order valence-corrected chi connectivity index (χ0v) is 11.4. The van der Waals surface area contributed by atoms with Gasteiger partial charge in [-0.05, 0) is 36.1 Å². The van der Waals surface area contributed by atoms with Gasteiger partial charge in [-0.3, -0.25) is 0 Å². The van der Waals surface area contributed by atoms with E-state index in [1.165, 1.54) is 4.88 Å². The molecular formula is C14H18N2OS. The van der Waals surface area contributed by atoms with Gasteiger partial charge in [-0.1, -0.05) is 6.07 Å². The van der Waals surface area contributed by atoms with Crippen molar-refractivity contribution in [3.05, 3.63) is 46.3 Å². The summed E-state index contributed by atoms with van der Waals surface area (Å²) in [6.45, 7) is 4.35. The van der Waals surface area contributed by atoms with Gasteiger partial charge < -0.3 is 10.1 Å². The van der Waals surface area contributed by atoms with Crippen LogP contribution in [0.15, 0.2) is 35.8 Å². The molecule has 0 radical (unpaired) electrons. The van der Waals surface area contributed by atoms with Crippen LogP contribution in [-0.2, 0) is 17.8 Å². The standard InChI is InChI=1S/C14H18N2OS/c1-2-15-14-10-12(5-7-16-14)11-17-8-6-13-4-3-9-18-13/h3-5,7,9-10H,2,6,8,11H2,1H3,(H,15,16). The average molecular weight is 262 g/mol. The molecule has 96 valence electrons. The first-order chi connectivity index (χ1) is 8.88. The van der Waals surface area contributed by atoms with Crippen LogP contribution in [0.5, 0.6) is 0 Å². The second-order valence-electron chi connectivity index (χ2n) is 3.96. The van der Waals surface area contributed by atoms with E-state index in [4.69, 9.17) is 4.74 Å². The second-order valence-corrected chi connectivity index (χ2v) is 4.99. The number of nitrogens with one attached hydrogen (secondary N) is 1. The molecule has 0 atom stereocenters. The van der Waals surface area contributed by atoms with Gasteiger partial charge in [-0.2, -0.15) is 0 Å². The zero-order valence-electron chi connectivity index (χ0n) is 10.6. The predicted octanol–water partition coefficient (Wildman–Crippen LogP) is 3.33. The van der Waals surface area contributed by atoms with E-state index in [0.717, 1.165) is 31.0 Å². The Labute approximate surface area is 112 Å². The molecule has 0 fully saturated rings. The van der Waals surface area contributed by atoms with Gasteiger partial charge in [0.2, 0.25) is 0 Å². The smallest absolute Gasteiger partial charge is 0.126 e. The minimum atomic E-state index is 0.645. The minimum absolute atomic E-state index is 0.645. The maximum absolute atomic E-state index is 5.68. The Bertz CT molecular complexity index is 457. The molecule has 0 aliphatic carbocycles. The van der Waals surface area contributed by atoms with Gasteiger partial charge in [-0.25, -0.2) is 4.98 Å². The van der Waals surface area contributed by atoms with Crippen molar-refractivity contribution >= 4 is 17.2 Å². The number of hydrogen-bond acceptors (Lipinski definition) is 4. The minimum Gasteiger partial charge on any atom is -0.376 e. The first-order valence-electron chi connectivity index (χ1n) is 6.17. The molecule has 3 nitrogen and oxygen atoms in total. The molecule has 0 aromatic carbocycles. The SMILES string of the molecule is CCNc1cc(COCCc2cccs2)ccn1. The highest BCUT2D eigenvalue weighted by Gasteiger charge is 1.98. The van der Waals surface area contributed by atoms with Gasteiger partial charge in [0.05, 0.1) is 13.2 Å². The highest BCUT2D eigenvalue weighted by Crippen LogP contribution is 2.11. The number of nitrogens with zero attached hydrogens (tertiary/aromatic N) is 1. The molecular weight excluding hydrogens is 244 g/mol. The first kappa shape index (κ1) is 13.1. The van der Waals surface area contributed by atoms with Gasteiger partial charge in [0, 0.05) is 24.0 Å². The van der Waals surface area contributed by atoms with Crippen molar-refractivity contribution in [2.45, 2.75) is 20.0 Å². The van der Waals surface area contributed by atoms with Crippen LogP contribution in [0, 0.1) is 0 Å². The Hall–Kier alpha value is -1.39. The molecule has 4 heteroatoms. The first-order valence-corrected chi connectivity index (χ1v) is 7.05. The molecule has 18 heavy (non-hydrogen) atoms. The summed E-state index contributed by atoms with van der Waals surface area (Å²) in [6.07, 6.45) is 2.80. The highest BCUT2D eigenvalue weighted by molar-refractivity contribution is 7.09. The quantitative estimate of drug-likeness (QED) is 0.777. The number of thiophene rings is 1. The lowest BCUT2D eigenvalue weighted by atomic mass is 10.3. The molecule has 0 aliphatic heterocycles.